The standard InChI is InChI=1S/C13H11NO2S.ClHO4/c1-9-4-2-7-12(17)13(9)10-5-3-6-11(8-10)14(15)16;2-1(3,4)5/h2-8,17H,1H3;(H,2,3,4,5). The van der Waals surface area contributed by atoms with E-state index < -0.39 is 10.2 Å². The third kappa shape index (κ3) is 5.98. The van der Waals surface area contributed by atoms with Gasteiger partial charge in [-0.1, -0.05) is 24.3 Å². The number of aryl methyl sites for hydroxylation is 1. The second-order valence-corrected chi connectivity index (χ2v) is 5.45. The number of thiol groups is 1. The highest BCUT2D eigenvalue weighted by Gasteiger charge is 2.10. The smallest absolute Gasteiger partial charge is 0.258 e. The van der Waals surface area contributed by atoms with Crippen LogP contribution in [0.2, 0.25) is 0 Å². The van der Waals surface area contributed by atoms with E-state index in [2.05, 4.69) is 12.6 Å². The van der Waals surface area contributed by atoms with Crippen molar-refractivity contribution in [3.05, 3.63) is 58.1 Å². The fourth-order valence-electron chi connectivity index (χ4n) is 1.80. The number of nitrogens with zero attached hydrogens (tertiary/aromatic N) is 1. The number of rotatable bonds is 2. The van der Waals surface area contributed by atoms with E-state index >= 15 is 0 Å². The Morgan fingerprint density at radius 3 is 2.18 bits per heavy atom. The molecule has 2 aromatic rings. The largest absolute Gasteiger partial charge is 0.270 e. The minimum absolute atomic E-state index is 0.0958. The molecule has 9 heteroatoms. The van der Waals surface area contributed by atoms with Crippen LogP contribution in [0.5, 0.6) is 0 Å². The molecule has 22 heavy (non-hydrogen) atoms. The molecule has 0 fully saturated rings. The van der Waals surface area contributed by atoms with E-state index in [0.717, 1.165) is 21.6 Å². The number of non-ortho nitro benzene ring substituents is 1. The van der Waals surface area contributed by atoms with E-state index in [4.69, 9.17) is 18.6 Å². The van der Waals surface area contributed by atoms with Gasteiger partial charge in [-0.05, 0) is 29.7 Å². The van der Waals surface area contributed by atoms with Gasteiger partial charge in [-0.15, -0.1) is 12.6 Å². The van der Waals surface area contributed by atoms with Gasteiger partial charge in [-0.2, -0.15) is 14.0 Å². The summed E-state index contributed by atoms with van der Waals surface area (Å²) in [5.74, 6) is 0. The third-order valence-electron chi connectivity index (χ3n) is 2.60. The number of hydrogen-bond donors (Lipinski definition) is 2. The number of nitro groups is 1. The van der Waals surface area contributed by atoms with Crippen LogP contribution >= 0.6 is 12.6 Å². The molecule has 2 rings (SSSR count). The molecule has 0 saturated carbocycles. The Labute approximate surface area is 133 Å². The molecular weight excluding hydrogens is 334 g/mol. The Hall–Kier alpha value is -1.68. The van der Waals surface area contributed by atoms with Gasteiger partial charge in [0.1, 0.15) is 0 Å². The lowest BCUT2D eigenvalue weighted by Gasteiger charge is -2.08. The molecule has 0 aliphatic rings. The maximum Gasteiger partial charge on any atom is 0.270 e. The van der Waals surface area contributed by atoms with Crippen molar-refractivity contribution in [1.82, 2.24) is 0 Å². The lowest BCUT2D eigenvalue weighted by Crippen LogP contribution is -2.58. The molecule has 0 aromatic heterocycles. The van der Waals surface area contributed by atoms with Crippen LogP contribution in [-0.2, 0) is 0 Å². The first-order valence-electron chi connectivity index (χ1n) is 5.76. The van der Waals surface area contributed by atoms with Crippen LogP contribution in [0.25, 0.3) is 11.1 Å². The predicted octanol–water partition coefficient (Wildman–Crippen LogP) is -0.265. The molecule has 0 unspecified atom stereocenters. The maximum absolute atomic E-state index is 10.7. The summed E-state index contributed by atoms with van der Waals surface area (Å²) < 4.78 is 32.7. The fraction of sp³-hybridized carbons (Fsp3) is 0.0769. The highest BCUT2D eigenvalue weighted by atomic mass is 35.7. The van der Waals surface area contributed by atoms with Crippen molar-refractivity contribution in [3.8, 4) is 11.1 Å². The quantitative estimate of drug-likeness (QED) is 0.437. The van der Waals surface area contributed by atoms with Crippen LogP contribution in [0.1, 0.15) is 5.56 Å². The summed E-state index contributed by atoms with van der Waals surface area (Å²) >= 11 is 4.40. The number of benzene rings is 2. The maximum atomic E-state index is 10.7. The van der Waals surface area contributed by atoms with Gasteiger partial charge in [-0.3, -0.25) is 10.1 Å². The summed E-state index contributed by atoms with van der Waals surface area (Å²) in [6, 6.07) is 12.4. The van der Waals surface area contributed by atoms with Crippen LogP contribution in [-0.4, -0.2) is 9.58 Å². The SMILES string of the molecule is Cc1cccc(S)c1-c1cccc([N+](=O)[O-])c1.[O-][Cl+3]([O-])([O-])O. The lowest BCUT2D eigenvalue weighted by molar-refractivity contribution is -1.92. The van der Waals surface area contributed by atoms with Gasteiger partial charge in [0.25, 0.3) is 5.69 Å². The Kier molecular flexibility index (Phi) is 6.30. The average molecular weight is 346 g/mol. The van der Waals surface area contributed by atoms with E-state index in [0.29, 0.717) is 0 Å². The lowest BCUT2D eigenvalue weighted by atomic mass is 10.0. The van der Waals surface area contributed by atoms with Crippen LogP contribution in [0.4, 0.5) is 5.69 Å². The summed E-state index contributed by atoms with van der Waals surface area (Å²) in [5.41, 5.74) is 2.92. The molecule has 0 aliphatic heterocycles. The molecule has 0 heterocycles. The molecule has 118 valence electrons. The first-order chi connectivity index (χ1) is 10.1. The van der Waals surface area contributed by atoms with Crippen molar-refractivity contribution < 1.29 is 33.8 Å². The van der Waals surface area contributed by atoms with Crippen LogP contribution < -0.4 is 14.0 Å². The first kappa shape index (κ1) is 18.4. The molecule has 0 radical (unpaired) electrons. The molecule has 0 amide bonds. The van der Waals surface area contributed by atoms with Crippen molar-refractivity contribution in [3.63, 3.8) is 0 Å². The van der Waals surface area contributed by atoms with Crippen molar-refractivity contribution in [2.24, 2.45) is 0 Å². The van der Waals surface area contributed by atoms with Gasteiger partial charge >= 0.3 is 0 Å². The zero-order chi connectivity index (χ0) is 16.9. The molecule has 2 aromatic carbocycles. The molecule has 1 N–H and O–H groups in total. The second-order valence-electron chi connectivity index (χ2n) is 4.17. The molecule has 0 bridgehead atoms. The monoisotopic (exact) mass is 345 g/mol. The zero-order valence-electron chi connectivity index (χ0n) is 11.3. The minimum Gasteiger partial charge on any atom is -0.258 e. The van der Waals surface area contributed by atoms with Crippen molar-refractivity contribution in [2.45, 2.75) is 11.8 Å². The van der Waals surface area contributed by atoms with Crippen molar-refractivity contribution >= 4 is 18.3 Å². The Balaban J connectivity index is 0.000000422. The normalized spacial score (nSPS) is 10.6. The Morgan fingerprint density at radius 1 is 1.14 bits per heavy atom. The van der Waals surface area contributed by atoms with Gasteiger partial charge in [0, 0.05) is 17.0 Å². The summed E-state index contributed by atoms with van der Waals surface area (Å²) in [5, 5.41) is 10.7. The van der Waals surface area contributed by atoms with Gasteiger partial charge in [0.05, 0.1) is 19.8 Å². The van der Waals surface area contributed by atoms with Crippen molar-refractivity contribution in [1.29, 1.82) is 0 Å². The molecule has 0 spiro atoms. The van der Waals surface area contributed by atoms with Crippen LogP contribution in [0.15, 0.2) is 47.4 Å². The van der Waals surface area contributed by atoms with Gasteiger partial charge < -0.3 is 0 Å². The third-order valence-corrected chi connectivity index (χ3v) is 2.97. The Morgan fingerprint density at radius 2 is 1.68 bits per heavy atom. The number of halogens is 1. The summed E-state index contributed by atoms with van der Waals surface area (Å²) in [7, 11) is -4.69. The molecule has 0 atom stereocenters. The summed E-state index contributed by atoms with van der Waals surface area (Å²) in [6.45, 7) is 1.97. The van der Waals surface area contributed by atoms with E-state index in [1.165, 1.54) is 6.07 Å². The summed E-state index contributed by atoms with van der Waals surface area (Å²) in [4.78, 5) is 11.2. The highest BCUT2D eigenvalue weighted by Crippen LogP contribution is 2.31. The van der Waals surface area contributed by atoms with E-state index in [9.17, 15) is 10.1 Å². The van der Waals surface area contributed by atoms with E-state index in [-0.39, 0.29) is 10.6 Å². The fourth-order valence-corrected chi connectivity index (χ4v) is 2.19. The van der Waals surface area contributed by atoms with Gasteiger partial charge in [-0.25, -0.2) is 0 Å². The zero-order valence-corrected chi connectivity index (χ0v) is 13.0. The van der Waals surface area contributed by atoms with E-state index in [1.54, 1.807) is 12.1 Å². The van der Waals surface area contributed by atoms with Crippen LogP contribution in [0.3, 0.4) is 0 Å². The molecule has 0 saturated heterocycles. The number of hydrogen-bond acceptors (Lipinski definition) is 7. The van der Waals surface area contributed by atoms with Crippen molar-refractivity contribution in [2.75, 3.05) is 0 Å². The highest BCUT2D eigenvalue weighted by molar-refractivity contribution is 7.80. The molecule has 7 nitrogen and oxygen atoms in total. The second kappa shape index (κ2) is 7.54. The average Bonchev–Trinajstić information content (AvgIpc) is 2.37. The first-order valence-corrected chi connectivity index (χ1v) is 7.47. The van der Waals surface area contributed by atoms with E-state index in [1.807, 2.05) is 31.2 Å². The molecule has 0 aliphatic carbocycles. The Bertz CT molecular complexity index is 648. The van der Waals surface area contributed by atoms with Gasteiger partial charge in [0.2, 0.25) is 0 Å². The predicted molar refractivity (Wildman–Crippen MR) is 72.7 cm³/mol. The van der Waals surface area contributed by atoms with Gasteiger partial charge in [0.15, 0.2) is 0 Å². The topological polar surface area (TPSA) is 133 Å². The minimum atomic E-state index is -4.69. The number of nitro benzene ring substituents is 1. The molecular formula is C13H12ClNO6S. The summed E-state index contributed by atoms with van der Waals surface area (Å²) in [6.07, 6.45) is 0. The van der Waals surface area contributed by atoms with Crippen LogP contribution in [0, 0.1) is 27.3 Å².